The number of carbonyl (C=O) groups is 1. The van der Waals surface area contributed by atoms with Gasteiger partial charge in [0.2, 0.25) is 0 Å². The fraction of sp³-hybridized carbons (Fsp3) is 0.458. The first-order valence-corrected chi connectivity index (χ1v) is 11.0. The summed E-state index contributed by atoms with van der Waals surface area (Å²) >= 11 is 0. The summed E-state index contributed by atoms with van der Waals surface area (Å²) in [6.07, 6.45) is -9.89. The first-order chi connectivity index (χ1) is 16.4. The molecule has 1 unspecified atom stereocenters. The van der Waals surface area contributed by atoms with Gasteiger partial charge in [-0.15, -0.1) is 0 Å². The standard InChI is InChI=1S/C24H26F6N2O3/c25-23(26,27)19-12-17(13-20(14-19)24(28,29)30)6-11-35-16-21(18-4-2-1-3-5-18)32-9-7-31(8-10-32)15-22(33)34/h1-5,12-14,21H,6-11,15-16H2,(H,33,34). The van der Waals surface area contributed by atoms with Crippen molar-refractivity contribution in [2.75, 3.05) is 45.9 Å². The van der Waals surface area contributed by atoms with Crippen molar-refractivity contribution in [2.45, 2.75) is 24.8 Å². The van der Waals surface area contributed by atoms with Gasteiger partial charge >= 0.3 is 18.3 Å². The Bertz CT molecular complexity index is 941. The highest BCUT2D eigenvalue weighted by Crippen LogP contribution is 2.36. The second kappa shape index (κ2) is 11.4. The molecule has 0 radical (unpaired) electrons. The third-order valence-corrected chi connectivity index (χ3v) is 5.85. The van der Waals surface area contributed by atoms with Crippen molar-refractivity contribution in [3.8, 4) is 0 Å². The van der Waals surface area contributed by atoms with E-state index in [0.29, 0.717) is 26.2 Å². The summed E-state index contributed by atoms with van der Waals surface area (Å²) in [5.41, 5.74) is -1.84. The molecule has 1 heterocycles. The molecule has 1 aliphatic heterocycles. The van der Waals surface area contributed by atoms with Crippen molar-refractivity contribution in [3.05, 3.63) is 70.8 Å². The first kappa shape index (κ1) is 27.0. The number of benzene rings is 2. The van der Waals surface area contributed by atoms with E-state index in [1.807, 2.05) is 35.2 Å². The van der Waals surface area contributed by atoms with Crippen molar-refractivity contribution >= 4 is 5.97 Å². The van der Waals surface area contributed by atoms with Gasteiger partial charge in [0.1, 0.15) is 0 Å². The van der Waals surface area contributed by atoms with Gasteiger partial charge in [-0.2, -0.15) is 26.3 Å². The monoisotopic (exact) mass is 504 g/mol. The number of aliphatic carboxylic acids is 1. The van der Waals surface area contributed by atoms with Crippen LogP contribution in [0.25, 0.3) is 0 Å². The number of halogens is 6. The molecule has 1 atom stereocenters. The number of piperazine rings is 1. The predicted molar refractivity (Wildman–Crippen MR) is 116 cm³/mol. The second-order valence-electron chi connectivity index (χ2n) is 8.37. The summed E-state index contributed by atoms with van der Waals surface area (Å²) < 4.78 is 84.2. The Hall–Kier alpha value is -2.63. The SMILES string of the molecule is O=C(O)CN1CCN(C(COCCc2cc(C(F)(F)F)cc(C(F)(F)F)c2)c2ccccc2)CC1. The van der Waals surface area contributed by atoms with Gasteiger partial charge in [-0.3, -0.25) is 14.6 Å². The third-order valence-electron chi connectivity index (χ3n) is 5.85. The van der Waals surface area contributed by atoms with Gasteiger partial charge < -0.3 is 9.84 Å². The normalized spacial score (nSPS) is 16.9. The zero-order chi connectivity index (χ0) is 25.6. The van der Waals surface area contributed by atoms with Gasteiger partial charge in [0.15, 0.2) is 0 Å². The first-order valence-electron chi connectivity index (χ1n) is 11.0. The highest BCUT2D eigenvalue weighted by Gasteiger charge is 2.36. The van der Waals surface area contributed by atoms with E-state index in [1.165, 1.54) is 0 Å². The Labute approximate surface area is 198 Å². The van der Waals surface area contributed by atoms with Crippen molar-refractivity contribution in [1.82, 2.24) is 9.80 Å². The Balaban J connectivity index is 1.65. The largest absolute Gasteiger partial charge is 0.480 e. The van der Waals surface area contributed by atoms with Crippen LogP contribution < -0.4 is 0 Å². The van der Waals surface area contributed by atoms with E-state index in [9.17, 15) is 31.1 Å². The van der Waals surface area contributed by atoms with Gasteiger partial charge in [-0.05, 0) is 35.7 Å². The van der Waals surface area contributed by atoms with Crippen LogP contribution in [0.15, 0.2) is 48.5 Å². The van der Waals surface area contributed by atoms with Crippen molar-refractivity contribution < 1.29 is 41.0 Å². The number of hydrogen-bond donors (Lipinski definition) is 1. The fourth-order valence-electron chi connectivity index (χ4n) is 4.06. The van der Waals surface area contributed by atoms with Gasteiger partial charge in [0.25, 0.3) is 0 Å². The molecule has 1 fully saturated rings. The van der Waals surface area contributed by atoms with Crippen molar-refractivity contribution in [1.29, 1.82) is 0 Å². The smallest absolute Gasteiger partial charge is 0.416 e. The second-order valence-corrected chi connectivity index (χ2v) is 8.37. The molecular formula is C24H26F6N2O3. The number of carboxylic acid groups (broad SMARTS) is 1. The Morgan fingerprint density at radius 2 is 1.49 bits per heavy atom. The topological polar surface area (TPSA) is 53.0 Å². The maximum absolute atomic E-state index is 13.1. The van der Waals surface area contributed by atoms with E-state index >= 15 is 0 Å². The lowest BCUT2D eigenvalue weighted by atomic mass is 10.0. The molecule has 1 aliphatic rings. The number of carboxylic acids is 1. The van der Waals surface area contributed by atoms with Crippen LogP contribution in [0.2, 0.25) is 0 Å². The molecule has 2 aromatic rings. The number of ether oxygens (including phenoxy) is 1. The molecule has 0 amide bonds. The minimum atomic E-state index is -4.89. The molecule has 1 N–H and O–H groups in total. The van der Waals surface area contributed by atoms with Crippen LogP contribution in [0.4, 0.5) is 26.3 Å². The molecule has 0 saturated carbocycles. The number of alkyl halides is 6. The van der Waals surface area contributed by atoms with Gasteiger partial charge in [-0.25, -0.2) is 0 Å². The summed E-state index contributed by atoms with van der Waals surface area (Å²) in [5, 5.41) is 8.98. The summed E-state index contributed by atoms with van der Waals surface area (Å²) in [7, 11) is 0. The van der Waals surface area contributed by atoms with Crippen molar-refractivity contribution in [3.63, 3.8) is 0 Å². The fourth-order valence-corrected chi connectivity index (χ4v) is 4.06. The third kappa shape index (κ3) is 7.94. The molecule has 0 spiro atoms. The van der Waals surface area contributed by atoms with Crippen LogP contribution in [0.3, 0.4) is 0 Å². The number of rotatable bonds is 9. The van der Waals surface area contributed by atoms with E-state index in [0.717, 1.165) is 17.7 Å². The zero-order valence-electron chi connectivity index (χ0n) is 18.8. The molecule has 2 aromatic carbocycles. The summed E-state index contributed by atoms with van der Waals surface area (Å²) in [4.78, 5) is 14.9. The maximum Gasteiger partial charge on any atom is 0.416 e. The van der Waals surface area contributed by atoms with E-state index in [4.69, 9.17) is 9.84 Å². The molecule has 35 heavy (non-hydrogen) atoms. The van der Waals surface area contributed by atoms with Gasteiger partial charge in [0.05, 0.1) is 36.9 Å². The highest BCUT2D eigenvalue weighted by molar-refractivity contribution is 5.69. The zero-order valence-corrected chi connectivity index (χ0v) is 18.8. The number of nitrogens with zero attached hydrogens (tertiary/aromatic N) is 2. The molecule has 0 bridgehead atoms. The average Bonchev–Trinajstić information content (AvgIpc) is 2.79. The molecule has 1 saturated heterocycles. The molecule has 0 aromatic heterocycles. The summed E-state index contributed by atoms with van der Waals surface area (Å²) in [5.74, 6) is -0.898. The minimum absolute atomic E-state index is 0.0444. The molecular weight excluding hydrogens is 478 g/mol. The Morgan fingerprint density at radius 1 is 0.914 bits per heavy atom. The number of hydrogen-bond acceptors (Lipinski definition) is 4. The van der Waals surface area contributed by atoms with Gasteiger partial charge in [-0.1, -0.05) is 30.3 Å². The lowest BCUT2D eigenvalue weighted by Crippen LogP contribution is -2.49. The predicted octanol–water partition coefficient (Wildman–Crippen LogP) is 4.73. The van der Waals surface area contributed by atoms with Crippen LogP contribution in [-0.4, -0.2) is 66.8 Å². The van der Waals surface area contributed by atoms with E-state index < -0.39 is 29.4 Å². The summed E-state index contributed by atoms with van der Waals surface area (Å²) in [6.45, 7) is 2.39. The summed E-state index contributed by atoms with van der Waals surface area (Å²) in [6, 6.07) is 10.8. The van der Waals surface area contributed by atoms with Crippen LogP contribution in [0.1, 0.15) is 28.3 Å². The van der Waals surface area contributed by atoms with Crippen LogP contribution >= 0.6 is 0 Å². The lowest BCUT2D eigenvalue weighted by Gasteiger charge is -2.39. The maximum atomic E-state index is 13.1. The Kier molecular flexibility index (Phi) is 8.79. The molecule has 3 rings (SSSR count). The van der Waals surface area contributed by atoms with E-state index in [2.05, 4.69) is 4.90 Å². The van der Waals surface area contributed by atoms with E-state index in [-0.39, 0.29) is 43.9 Å². The molecule has 5 nitrogen and oxygen atoms in total. The van der Waals surface area contributed by atoms with Crippen LogP contribution in [-0.2, 0) is 28.3 Å². The van der Waals surface area contributed by atoms with Crippen molar-refractivity contribution in [2.24, 2.45) is 0 Å². The quantitative estimate of drug-likeness (QED) is 0.396. The minimum Gasteiger partial charge on any atom is -0.480 e. The van der Waals surface area contributed by atoms with Crippen LogP contribution in [0, 0.1) is 0 Å². The Morgan fingerprint density at radius 3 is 2.00 bits per heavy atom. The van der Waals surface area contributed by atoms with Gasteiger partial charge in [0, 0.05) is 26.2 Å². The lowest BCUT2D eigenvalue weighted by molar-refractivity contribution is -0.143. The highest BCUT2D eigenvalue weighted by atomic mass is 19.4. The molecule has 192 valence electrons. The molecule has 11 heteroatoms. The molecule has 0 aliphatic carbocycles. The average molecular weight is 504 g/mol. The van der Waals surface area contributed by atoms with E-state index in [1.54, 1.807) is 0 Å². The van der Waals surface area contributed by atoms with Crippen LogP contribution in [0.5, 0.6) is 0 Å².